The molecule has 0 saturated carbocycles. The number of nitrogens with zero attached hydrogens (tertiary/aromatic N) is 2. The Balaban J connectivity index is 1.97. The molecule has 3 aromatic rings. The fourth-order valence-electron chi connectivity index (χ4n) is 1.75. The lowest BCUT2D eigenvalue weighted by molar-refractivity contribution is -0.289. The number of carboxylic acid groups (broad SMARTS) is 1. The minimum Gasteiger partial charge on any atom is -0.476 e. The number of pyridine rings is 1. The number of carboxylic acids is 1. The third kappa shape index (κ3) is 3.52. The van der Waals surface area contributed by atoms with Crippen LogP contribution in [0, 0.1) is 17.4 Å². The van der Waals surface area contributed by atoms with Crippen molar-refractivity contribution in [1.29, 1.82) is 0 Å². The molecule has 0 spiro atoms. The quantitative estimate of drug-likeness (QED) is 0.776. The van der Waals surface area contributed by atoms with Crippen molar-refractivity contribution in [3.05, 3.63) is 59.1 Å². The second-order valence-electron chi connectivity index (χ2n) is 4.40. The molecule has 0 aliphatic carbocycles. The summed E-state index contributed by atoms with van der Waals surface area (Å²) in [4.78, 5) is 19.4. The van der Waals surface area contributed by atoms with Crippen LogP contribution in [0.15, 0.2) is 57.1 Å². The SMILES string of the molecule is O=C(O)c1nc(-c2ccc(F)cc2)oc1Sc1ccc([ClH+])cn1. The van der Waals surface area contributed by atoms with Crippen molar-refractivity contribution in [2.24, 2.45) is 0 Å². The number of carbonyl (C=O) groups is 1. The number of aromatic carboxylic acids is 1. The highest BCUT2D eigenvalue weighted by Crippen LogP contribution is 2.33. The minimum absolute atomic E-state index is 0.0986. The number of hydrogen-bond donors (Lipinski definition) is 1. The van der Waals surface area contributed by atoms with E-state index >= 15 is 0 Å². The summed E-state index contributed by atoms with van der Waals surface area (Å²) in [6.45, 7) is 0. The molecule has 0 fully saturated rings. The van der Waals surface area contributed by atoms with Crippen LogP contribution >= 0.6 is 11.8 Å². The molecule has 116 valence electrons. The van der Waals surface area contributed by atoms with Crippen LogP contribution in [0.2, 0.25) is 5.02 Å². The summed E-state index contributed by atoms with van der Waals surface area (Å²) in [7, 11) is 0. The molecule has 3 rings (SSSR count). The van der Waals surface area contributed by atoms with Gasteiger partial charge in [-0.2, -0.15) is 0 Å². The zero-order valence-corrected chi connectivity index (χ0v) is 13.0. The Bertz CT molecular complexity index is 850. The third-order valence-electron chi connectivity index (χ3n) is 2.80. The van der Waals surface area contributed by atoms with Gasteiger partial charge in [0.1, 0.15) is 10.8 Å². The molecule has 0 aliphatic heterocycles. The first-order valence-corrected chi connectivity index (χ1v) is 7.56. The number of rotatable bonds is 4. The van der Waals surface area contributed by atoms with Crippen molar-refractivity contribution in [2.75, 3.05) is 0 Å². The number of halogens is 2. The molecule has 2 aromatic heterocycles. The molecule has 1 N–H and O–H groups in total. The highest BCUT2D eigenvalue weighted by molar-refractivity contribution is 7.99. The summed E-state index contributed by atoms with van der Waals surface area (Å²) in [6.07, 6.45) is 1.50. The minimum atomic E-state index is -1.22. The van der Waals surface area contributed by atoms with Gasteiger partial charge in [-0.1, -0.05) is 0 Å². The monoisotopic (exact) mass is 351 g/mol. The Labute approximate surface area is 139 Å². The Kier molecular flexibility index (Phi) is 4.31. The van der Waals surface area contributed by atoms with Crippen LogP contribution in [-0.4, -0.2) is 21.0 Å². The Morgan fingerprint density at radius 1 is 1.22 bits per heavy atom. The Morgan fingerprint density at radius 2 is 1.96 bits per heavy atom. The maximum Gasteiger partial charge on any atom is 0.359 e. The molecule has 0 bridgehead atoms. The van der Waals surface area contributed by atoms with E-state index in [9.17, 15) is 14.3 Å². The molecular weight excluding hydrogens is 343 g/mol. The normalized spacial score (nSPS) is 10.7. The molecule has 0 saturated heterocycles. The molecule has 5 nitrogen and oxygen atoms in total. The second kappa shape index (κ2) is 6.39. The average Bonchev–Trinajstić information content (AvgIpc) is 2.94. The number of hydrogen-bond acceptors (Lipinski definition) is 5. The van der Waals surface area contributed by atoms with Crippen LogP contribution in [0.25, 0.3) is 11.5 Å². The van der Waals surface area contributed by atoms with Crippen molar-refractivity contribution >= 4 is 17.7 Å². The Morgan fingerprint density at radius 3 is 2.57 bits per heavy atom. The third-order valence-corrected chi connectivity index (χ3v) is 3.95. The average molecular weight is 352 g/mol. The molecule has 0 amide bonds. The van der Waals surface area contributed by atoms with Gasteiger partial charge in [-0.25, -0.2) is 19.2 Å². The zero-order chi connectivity index (χ0) is 16.4. The molecule has 23 heavy (non-hydrogen) atoms. The van der Waals surface area contributed by atoms with Crippen molar-refractivity contribution < 1.29 is 30.3 Å². The maximum atomic E-state index is 13.0. The van der Waals surface area contributed by atoms with Gasteiger partial charge in [0, 0.05) is 11.6 Å². The number of aromatic nitrogens is 2. The van der Waals surface area contributed by atoms with Crippen LogP contribution in [-0.2, 0) is 0 Å². The van der Waals surface area contributed by atoms with E-state index in [1.54, 1.807) is 12.1 Å². The zero-order valence-electron chi connectivity index (χ0n) is 11.4. The van der Waals surface area contributed by atoms with Gasteiger partial charge in [0.25, 0.3) is 0 Å². The molecule has 0 atom stereocenters. The van der Waals surface area contributed by atoms with Crippen molar-refractivity contribution in [3.8, 4) is 11.5 Å². The second-order valence-corrected chi connectivity index (χ2v) is 5.87. The molecule has 0 aliphatic rings. The van der Waals surface area contributed by atoms with E-state index in [0.29, 0.717) is 15.6 Å². The fraction of sp³-hybridized carbons (Fsp3) is 0. The van der Waals surface area contributed by atoms with E-state index in [1.807, 2.05) is 0 Å². The summed E-state index contributed by atoms with van der Waals surface area (Å²) in [5.74, 6) is -1.52. The predicted octanol–water partition coefficient (Wildman–Crippen LogP) is 3.42. The maximum absolute atomic E-state index is 13.0. The van der Waals surface area contributed by atoms with E-state index in [4.69, 9.17) is 16.0 Å². The molecular formula is C15H9ClFN2O3S+. The molecule has 8 heteroatoms. The van der Waals surface area contributed by atoms with Gasteiger partial charge in [-0.15, -0.1) is 0 Å². The van der Waals surface area contributed by atoms with Crippen LogP contribution < -0.4 is 0 Å². The topological polar surface area (TPSA) is 76.2 Å². The van der Waals surface area contributed by atoms with Crippen LogP contribution in [0.3, 0.4) is 0 Å². The largest absolute Gasteiger partial charge is 0.476 e. The van der Waals surface area contributed by atoms with E-state index in [1.165, 1.54) is 30.5 Å². The van der Waals surface area contributed by atoms with Gasteiger partial charge >= 0.3 is 5.97 Å². The smallest absolute Gasteiger partial charge is 0.359 e. The predicted molar refractivity (Wildman–Crippen MR) is 77.8 cm³/mol. The van der Waals surface area contributed by atoms with Gasteiger partial charge in [-0.05, 0) is 42.1 Å². The van der Waals surface area contributed by atoms with Crippen LogP contribution in [0.1, 0.15) is 10.5 Å². The van der Waals surface area contributed by atoms with E-state index in [-0.39, 0.29) is 16.7 Å². The van der Waals surface area contributed by atoms with Crippen molar-refractivity contribution in [1.82, 2.24) is 9.97 Å². The number of benzene rings is 1. The summed E-state index contributed by atoms with van der Waals surface area (Å²) >= 11 is 5.98. The molecule has 2 heterocycles. The summed E-state index contributed by atoms with van der Waals surface area (Å²) < 4.78 is 18.5. The first-order valence-electron chi connectivity index (χ1n) is 6.34. The molecule has 1 aromatic carbocycles. The molecule has 0 unspecified atom stereocenters. The first kappa shape index (κ1) is 15.5. The van der Waals surface area contributed by atoms with E-state index < -0.39 is 11.8 Å². The lowest BCUT2D eigenvalue weighted by atomic mass is 10.2. The van der Waals surface area contributed by atoms with Crippen LogP contribution in [0.5, 0.6) is 0 Å². The lowest BCUT2D eigenvalue weighted by Crippen LogP contribution is -1.98. The van der Waals surface area contributed by atoms with Gasteiger partial charge in [0.15, 0.2) is 11.6 Å². The fourth-order valence-corrected chi connectivity index (χ4v) is 2.65. The lowest BCUT2D eigenvalue weighted by Gasteiger charge is -1.97. The molecule has 0 radical (unpaired) electrons. The summed E-state index contributed by atoms with van der Waals surface area (Å²) in [5.41, 5.74) is 0.258. The standard InChI is InChI=1S/C15H8ClFN2O3S/c16-9-3-6-11(18-7-9)23-15-12(14(20)21)19-13(22-15)8-1-4-10(17)5-2-8/h1-7,16H/p+1. The van der Waals surface area contributed by atoms with Gasteiger partial charge in [0.05, 0.1) is 6.20 Å². The van der Waals surface area contributed by atoms with Crippen molar-refractivity contribution in [3.63, 3.8) is 0 Å². The number of oxazole rings is 1. The van der Waals surface area contributed by atoms with Gasteiger partial charge in [0.2, 0.25) is 21.7 Å². The van der Waals surface area contributed by atoms with Crippen molar-refractivity contribution in [2.45, 2.75) is 10.1 Å². The highest BCUT2D eigenvalue weighted by atomic mass is 35.5. The summed E-state index contributed by atoms with van der Waals surface area (Å²) in [5, 5.41) is 10.5. The Hall–Kier alpha value is -2.38. The van der Waals surface area contributed by atoms with Gasteiger partial charge in [-0.3, -0.25) is 0 Å². The van der Waals surface area contributed by atoms with E-state index in [0.717, 1.165) is 11.8 Å². The van der Waals surface area contributed by atoms with Gasteiger partial charge < -0.3 is 9.52 Å². The van der Waals surface area contributed by atoms with E-state index in [2.05, 4.69) is 9.97 Å². The summed E-state index contributed by atoms with van der Waals surface area (Å²) in [6, 6.07) is 8.77. The van der Waals surface area contributed by atoms with Crippen LogP contribution in [0.4, 0.5) is 4.39 Å². The first-order chi connectivity index (χ1) is 11.0. The highest BCUT2D eigenvalue weighted by Gasteiger charge is 2.22.